The van der Waals surface area contributed by atoms with E-state index >= 15 is 0 Å². The second-order valence-corrected chi connectivity index (χ2v) is 8.43. The zero-order chi connectivity index (χ0) is 22.7. The van der Waals surface area contributed by atoms with Crippen molar-refractivity contribution in [2.24, 2.45) is 0 Å². The molecule has 1 aromatic heterocycles. The van der Waals surface area contributed by atoms with E-state index < -0.39 is 0 Å². The third kappa shape index (κ3) is 4.44. The molecule has 0 fully saturated rings. The number of nitrogens with zero attached hydrogens (tertiary/aromatic N) is 4. The van der Waals surface area contributed by atoms with E-state index in [2.05, 4.69) is 37.2 Å². The van der Waals surface area contributed by atoms with Gasteiger partial charge in [0.25, 0.3) is 0 Å². The molecule has 0 radical (unpaired) electrons. The number of hydrogen-bond donors (Lipinski definition) is 1. The van der Waals surface area contributed by atoms with Crippen LogP contribution in [0.15, 0.2) is 48.5 Å². The molecule has 6 heteroatoms. The number of hydrogen-bond acceptors (Lipinski definition) is 4. The lowest BCUT2D eigenvalue weighted by molar-refractivity contribution is 0.206. The van der Waals surface area contributed by atoms with Crippen molar-refractivity contribution in [2.75, 3.05) is 30.4 Å². The van der Waals surface area contributed by atoms with Crippen LogP contribution in [0.25, 0.3) is 11.4 Å². The van der Waals surface area contributed by atoms with Crippen molar-refractivity contribution in [3.63, 3.8) is 0 Å². The molecule has 0 bridgehead atoms. The first-order chi connectivity index (χ1) is 15.5. The highest BCUT2D eigenvalue weighted by Gasteiger charge is 2.27. The van der Waals surface area contributed by atoms with Gasteiger partial charge in [-0.05, 0) is 37.5 Å². The Morgan fingerprint density at radius 3 is 2.62 bits per heavy atom. The lowest BCUT2D eigenvalue weighted by Crippen LogP contribution is -2.40. The van der Waals surface area contributed by atoms with Gasteiger partial charge >= 0.3 is 6.03 Å². The molecule has 3 aromatic rings. The van der Waals surface area contributed by atoms with Crippen LogP contribution >= 0.6 is 0 Å². The Kier molecular flexibility index (Phi) is 6.40. The molecule has 166 valence electrons. The number of aryl methyl sites for hydroxylation is 1. The maximum absolute atomic E-state index is 13.1. The monoisotopic (exact) mass is 429 g/mol. The van der Waals surface area contributed by atoms with E-state index in [0.717, 1.165) is 58.2 Å². The highest BCUT2D eigenvalue weighted by molar-refractivity contribution is 5.90. The number of anilines is 2. The molecule has 0 unspecified atom stereocenters. The van der Waals surface area contributed by atoms with E-state index in [9.17, 15) is 4.79 Å². The Hall–Kier alpha value is -3.41. The number of carbonyl (C=O) groups is 1. The van der Waals surface area contributed by atoms with Crippen LogP contribution in [-0.2, 0) is 13.0 Å². The molecule has 32 heavy (non-hydrogen) atoms. The van der Waals surface area contributed by atoms with Crippen molar-refractivity contribution >= 4 is 17.5 Å². The Morgan fingerprint density at radius 2 is 1.88 bits per heavy atom. The molecular weight excluding hydrogens is 398 g/mol. The summed E-state index contributed by atoms with van der Waals surface area (Å²) in [4.78, 5) is 27.0. The second kappa shape index (κ2) is 9.39. The normalized spacial score (nSPS) is 12.9. The molecule has 0 saturated carbocycles. The summed E-state index contributed by atoms with van der Waals surface area (Å²) >= 11 is 0. The Labute approximate surface area is 190 Å². The van der Waals surface area contributed by atoms with Gasteiger partial charge in [-0.15, -0.1) is 0 Å². The largest absolute Gasteiger partial charge is 0.359 e. The third-order valence-electron chi connectivity index (χ3n) is 6.12. The maximum atomic E-state index is 13.1. The highest BCUT2D eigenvalue weighted by Crippen LogP contribution is 2.30. The number of fused-ring (bicyclic) bond motifs is 1. The summed E-state index contributed by atoms with van der Waals surface area (Å²) in [6.07, 6.45) is 1.73. The fraction of sp³-hybridized carbons (Fsp3) is 0.346. The summed E-state index contributed by atoms with van der Waals surface area (Å²) in [5.41, 5.74) is 6.21. The first-order valence-electron chi connectivity index (χ1n) is 11.3. The number of rotatable bonds is 5. The first-order valence-corrected chi connectivity index (χ1v) is 11.3. The molecule has 0 spiro atoms. The van der Waals surface area contributed by atoms with Gasteiger partial charge < -0.3 is 15.1 Å². The molecule has 0 saturated heterocycles. The maximum Gasteiger partial charge on any atom is 0.322 e. The first kappa shape index (κ1) is 21.8. The Bertz CT molecular complexity index is 1110. The van der Waals surface area contributed by atoms with Crippen molar-refractivity contribution in [3.05, 3.63) is 70.9 Å². The van der Waals surface area contributed by atoms with Crippen molar-refractivity contribution in [2.45, 2.75) is 40.2 Å². The average molecular weight is 430 g/mol. The topological polar surface area (TPSA) is 61.4 Å². The van der Waals surface area contributed by atoms with Crippen LogP contribution in [0, 0.1) is 13.8 Å². The molecule has 1 N–H and O–H groups in total. The lowest BCUT2D eigenvalue weighted by atomic mass is 10.0. The Balaban J connectivity index is 1.64. The van der Waals surface area contributed by atoms with Gasteiger partial charge in [0, 0.05) is 43.4 Å². The van der Waals surface area contributed by atoms with Crippen molar-refractivity contribution in [1.29, 1.82) is 0 Å². The molecule has 1 aliphatic rings. The molecule has 4 rings (SSSR count). The minimum Gasteiger partial charge on any atom is -0.359 e. The molecule has 2 amide bonds. The van der Waals surface area contributed by atoms with Crippen LogP contribution < -0.4 is 10.2 Å². The molecule has 1 aliphatic heterocycles. The minimum atomic E-state index is -0.0828. The van der Waals surface area contributed by atoms with Gasteiger partial charge in [-0.25, -0.2) is 14.8 Å². The molecular formula is C26H31N5O. The zero-order valence-corrected chi connectivity index (χ0v) is 19.4. The van der Waals surface area contributed by atoms with Crippen molar-refractivity contribution in [1.82, 2.24) is 14.9 Å². The third-order valence-corrected chi connectivity index (χ3v) is 6.12. The molecule has 6 nitrogen and oxygen atoms in total. The van der Waals surface area contributed by atoms with Gasteiger partial charge in [-0.3, -0.25) is 0 Å². The second-order valence-electron chi connectivity index (χ2n) is 8.43. The van der Waals surface area contributed by atoms with E-state index in [0.29, 0.717) is 19.5 Å². The minimum absolute atomic E-state index is 0.0828. The van der Waals surface area contributed by atoms with Gasteiger partial charge in [0.2, 0.25) is 0 Å². The summed E-state index contributed by atoms with van der Waals surface area (Å²) in [6.45, 7) is 8.28. The fourth-order valence-corrected chi connectivity index (χ4v) is 4.12. The van der Waals surface area contributed by atoms with Crippen LogP contribution in [-0.4, -0.2) is 41.0 Å². The van der Waals surface area contributed by atoms with Gasteiger partial charge in [0.15, 0.2) is 5.82 Å². The smallest absolute Gasteiger partial charge is 0.322 e. The molecule has 2 heterocycles. The summed E-state index contributed by atoms with van der Waals surface area (Å²) in [7, 11) is 2.07. The summed E-state index contributed by atoms with van der Waals surface area (Å²) < 4.78 is 0. The van der Waals surface area contributed by atoms with Crippen LogP contribution in [0.2, 0.25) is 0 Å². The fourth-order valence-electron chi connectivity index (χ4n) is 4.12. The van der Waals surface area contributed by atoms with E-state index in [1.165, 1.54) is 0 Å². The van der Waals surface area contributed by atoms with Crippen molar-refractivity contribution in [3.8, 4) is 11.4 Å². The van der Waals surface area contributed by atoms with E-state index in [1.54, 1.807) is 0 Å². The lowest BCUT2D eigenvalue weighted by Gasteiger charge is -2.32. The van der Waals surface area contributed by atoms with Gasteiger partial charge in [0.1, 0.15) is 5.82 Å². The summed E-state index contributed by atoms with van der Waals surface area (Å²) in [6, 6.07) is 16.0. The van der Waals surface area contributed by atoms with E-state index in [-0.39, 0.29) is 6.03 Å². The number of carbonyl (C=O) groups excluding carboxylic acids is 1. The van der Waals surface area contributed by atoms with Crippen LogP contribution in [0.3, 0.4) is 0 Å². The van der Waals surface area contributed by atoms with Gasteiger partial charge in [-0.1, -0.05) is 49.4 Å². The quantitative estimate of drug-likeness (QED) is 0.606. The summed E-state index contributed by atoms with van der Waals surface area (Å²) in [5.74, 6) is 1.66. The molecule has 0 aliphatic carbocycles. The zero-order valence-electron chi connectivity index (χ0n) is 19.4. The Morgan fingerprint density at radius 1 is 1.09 bits per heavy atom. The van der Waals surface area contributed by atoms with Crippen LogP contribution in [0.5, 0.6) is 0 Å². The highest BCUT2D eigenvalue weighted by atomic mass is 16.2. The summed E-state index contributed by atoms with van der Waals surface area (Å²) in [5, 5.41) is 3.10. The molecule has 0 atom stereocenters. The van der Waals surface area contributed by atoms with Crippen LogP contribution in [0.4, 0.5) is 16.3 Å². The van der Waals surface area contributed by atoms with Gasteiger partial charge in [-0.2, -0.15) is 0 Å². The average Bonchev–Trinajstić information content (AvgIpc) is 2.81. The van der Waals surface area contributed by atoms with E-state index in [1.807, 2.05) is 54.3 Å². The standard InChI is InChI=1S/C26H31N5O/c1-5-15-30(4)25-21-17-31(26(32)28-22-13-9-10-18(2)19(22)3)16-14-23(21)27-24(29-25)20-11-7-6-8-12-20/h6-13H,5,14-17H2,1-4H3,(H,28,32). The number of aromatic nitrogens is 2. The number of nitrogens with one attached hydrogen (secondary N) is 1. The SMILES string of the molecule is CCCN(C)c1nc(-c2ccccc2)nc2c1CN(C(=O)Nc1cccc(C)c1C)CC2. The number of urea groups is 1. The van der Waals surface area contributed by atoms with Gasteiger partial charge in [0.05, 0.1) is 12.2 Å². The number of amides is 2. The predicted molar refractivity (Wildman–Crippen MR) is 130 cm³/mol. The number of benzene rings is 2. The predicted octanol–water partition coefficient (Wildman–Crippen LogP) is 5.20. The van der Waals surface area contributed by atoms with Crippen molar-refractivity contribution < 1.29 is 4.79 Å². The van der Waals surface area contributed by atoms with Crippen LogP contribution in [0.1, 0.15) is 35.7 Å². The van der Waals surface area contributed by atoms with E-state index in [4.69, 9.17) is 9.97 Å². The molecule has 2 aromatic carbocycles.